The third kappa shape index (κ3) is 4.73. The fourth-order valence-electron chi connectivity index (χ4n) is 2.36. The van der Waals surface area contributed by atoms with Crippen LogP contribution in [0.15, 0.2) is 55.1 Å². The molecule has 130 valence electrons. The van der Waals surface area contributed by atoms with E-state index in [4.69, 9.17) is 9.47 Å². The van der Waals surface area contributed by atoms with Gasteiger partial charge in [0.15, 0.2) is 11.5 Å². The van der Waals surface area contributed by atoms with E-state index in [1.807, 2.05) is 25.1 Å². The van der Waals surface area contributed by atoms with Gasteiger partial charge in [0.2, 0.25) is 0 Å². The van der Waals surface area contributed by atoms with Crippen LogP contribution in [0.1, 0.15) is 23.6 Å². The predicted molar refractivity (Wildman–Crippen MR) is 96.2 cm³/mol. The Balaban J connectivity index is 1.66. The van der Waals surface area contributed by atoms with Gasteiger partial charge in [0, 0.05) is 0 Å². The maximum Gasteiger partial charge on any atom is 0.161 e. The molecule has 0 unspecified atom stereocenters. The molecule has 2 aromatic carbocycles. The van der Waals surface area contributed by atoms with Gasteiger partial charge >= 0.3 is 0 Å². The number of rotatable bonds is 8. The van der Waals surface area contributed by atoms with Crippen molar-refractivity contribution in [2.24, 2.45) is 0 Å². The van der Waals surface area contributed by atoms with Crippen molar-refractivity contribution < 1.29 is 9.47 Å². The summed E-state index contributed by atoms with van der Waals surface area (Å²) >= 11 is 0. The fraction of sp³-hybridized carbons (Fsp3) is 0.263. The molecule has 25 heavy (non-hydrogen) atoms. The molecule has 1 N–H and O–H groups in total. The van der Waals surface area contributed by atoms with E-state index in [1.165, 1.54) is 5.56 Å². The minimum absolute atomic E-state index is 0.513. The first kappa shape index (κ1) is 16.8. The lowest BCUT2D eigenvalue weighted by Crippen LogP contribution is -2.12. The maximum atomic E-state index is 5.95. The number of nitrogens with zero attached hydrogens (tertiary/aromatic N) is 3. The van der Waals surface area contributed by atoms with Crippen LogP contribution in [0.4, 0.5) is 0 Å². The highest BCUT2D eigenvalue weighted by molar-refractivity contribution is 5.43. The number of aromatic nitrogens is 3. The summed E-state index contributed by atoms with van der Waals surface area (Å²) in [5.74, 6) is 1.49. The first-order chi connectivity index (χ1) is 12.2. The van der Waals surface area contributed by atoms with Gasteiger partial charge in [0.1, 0.15) is 19.3 Å². The summed E-state index contributed by atoms with van der Waals surface area (Å²) < 4.78 is 13.4. The van der Waals surface area contributed by atoms with Crippen molar-refractivity contribution in [3.63, 3.8) is 0 Å². The summed E-state index contributed by atoms with van der Waals surface area (Å²) in [6, 6.07) is 14.3. The van der Waals surface area contributed by atoms with Gasteiger partial charge in [-0.15, -0.1) is 10.2 Å². The zero-order valence-corrected chi connectivity index (χ0v) is 14.5. The summed E-state index contributed by atoms with van der Waals surface area (Å²) in [5.41, 5.74) is 6.64. The summed E-state index contributed by atoms with van der Waals surface area (Å²) in [5, 5.41) is 7.52. The molecule has 1 aromatic heterocycles. The van der Waals surface area contributed by atoms with Crippen molar-refractivity contribution in [3.8, 4) is 11.5 Å². The largest absolute Gasteiger partial charge is 0.490 e. The lowest BCUT2D eigenvalue weighted by molar-refractivity contribution is 0.269. The topological polar surface area (TPSA) is 61.2 Å². The van der Waals surface area contributed by atoms with Gasteiger partial charge < -0.3 is 14.9 Å². The molecule has 0 atom stereocenters. The number of benzene rings is 2. The van der Waals surface area contributed by atoms with Crippen LogP contribution in [-0.4, -0.2) is 21.5 Å². The highest BCUT2D eigenvalue weighted by Gasteiger charge is 2.07. The van der Waals surface area contributed by atoms with Crippen molar-refractivity contribution in [2.75, 3.05) is 12.0 Å². The van der Waals surface area contributed by atoms with Crippen LogP contribution >= 0.6 is 0 Å². The molecule has 0 amide bonds. The van der Waals surface area contributed by atoms with Crippen molar-refractivity contribution in [1.82, 2.24) is 14.9 Å². The van der Waals surface area contributed by atoms with E-state index in [-0.39, 0.29) is 0 Å². The zero-order valence-electron chi connectivity index (χ0n) is 14.5. The van der Waals surface area contributed by atoms with Crippen LogP contribution < -0.4 is 14.9 Å². The fourth-order valence-corrected chi connectivity index (χ4v) is 2.36. The highest BCUT2D eigenvalue weighted by atomic mass is 16.5. The van der Waals surface area contributed by atoms with E-state index in [0.29, 0.717) is 19.8 Å². The van der Waals surface area contributed by atoms with E-state index in [0.717, 1.165) is 22.6 Å². The van der Waals surface area contributed by atoms with Crippen molar-refractivity contribution >= 4 is 0 Å². The molecule has 0 aliphatic heterocycles. The van der Waals surface area contributed by atoms with E-state index >= 15 is 0 Å². The molecule has 1 heterocycles. The summed E-state index contributed by atoms with van der Waals surface area (Å²) in [7, 11) is 0. The minimum atomic E-state index is 0.513. The number of nitrogens with one attached hydrogen (secondary N) is 1. The standard InChI is InChI=1S/C19H22N4O2/c1-3-24-19-10-17(11-22-23-13-20-21-14-23)8-9-18(19)25-12-16-6-4-15(2)5-7-16/h4-10,13-14,22H,3,11-12H2,1-2H3. The molecule has 6 nitrogen and oxygen atoms in total. The second-order valence-corrected chi connectivity index (χ2v) is 5.69. The SMILES string of the molecule is CCOc1cc(CNn2cnnc2)ccc1OCc1ccc(C)cc1. The second kappa shape index (κ2) is 8.19. The predicted octanol–water partition coefficient (Wildman–Crippen LogP) is 3.31. The molecule has 6 heteroatoms. The molecule has 0 saturated heterocycles. The molecule has 0 spiro atoms. The van der Waals surface area contributed by atoms with E-state index < -0.39 is 0 Å². The molecule has 0 aliphatic rings. The molecule has 0 aliphatic carbocycles. The molecule has 3 rings (SSSR count). The first-order valence-electron chi connectivity index (χ1n) is 8.27. The Morgan fingerprint density at radius 2 is 1.64 bits per heavy atom. The van der Waals surface area contributed by atoms with Crippen LogP contribution in [0.25, 0.3) is 0 Å². The van der Waals surface area contributed by atoms with Crippen molar-refractivity contribution in [2.45, 2.75) is 27.0 Å². The normalized spacial score (nSPS) is 10.5. The lowest BCUT2D eigenvalue weighted by atomic mass is 10.1. The highest BCUT2D eigenvalue weighted by Crippen LogP contribution is 2.29. The zero-order chi connectivity index (χ0) is 17.5. The van der Waals surface area contributed by atoms with Gasteiger partial charge in [0.25, 0.3) is 0 Å². The molecule has 0 fully saturated rings. The maximum absolute atomic E-state index is 5.95. The Kier molecular flexibility index (Phi) is 5.51. The lowest BCUT2D eigenvalue weighted by Gasteiger charge is -2.14. The molecule has 0 radical (unpaired) electrons. The number of aryl methyl sites for hydroxylation is 1. The average molecular weight is 338 g/mol. The molecular formula is C19H22N4O2. The van der Waals surface area contributed by atoms with Gasteiger partial charge in [-0.1, -0.05) is 35.9 Å². The van der Waals surface area contributed by atoms with E-state index in [1.54, 1.807) is 17.3 Å². The van der Waals surface area contributed by atoms with Crippen LogP contribution in [0.2, 0.25) is 0 Å². The average Bonchev–Trinajstić information content (AvgIpc) is 3.14. The third-order valence-corrected chi connectivity index (χ3v) is 3.71. The molecule has 3 aromatic rings. The smallest absolute Gasteiger partial charge is 0.161 e. The van der Waals surface area contributed by atoms with Gasteiger partial charge in [-0.2, -0.15) is 0 Å². The monoisotopic (exact) mass is 338 g/mol. The number of hydrogen-bond acceptors (Lipinski definition) is 5. The van der Waals surface area contributed by atoms with Crippen molar-refractivity contribution in [1.29, 1.82) is 0 Å². The molecule has 0 bridgehead atoms. The quantitative estimate of drug-likeness (QED) is 0.683. The van der Waals surface area contributed by atoms with Crippen LogP contribution in [0.5, 0.6) is 11.5 Å². The summed E-state index contributed by atoms with van der Waals surface area (Å²) in [4.78, 5) is 0. The van der Waals surface area contributed by atoms with Gasteiger partial charge in [-0.05, 0) is 37.1 Å². The van der Waals surface area contributed by atoms with E-state index in [2.05, 4.69) is 46.8 Å². The second-order valence-electron chi connectivity index (χ2n) is 5.69. The number of ether oxygens (including phenoxy) is 2. The summed E-state index contributed by atoms with van der Waals surface area (Å²) in [6.45, 7) is 5.77. The third-order valence-electron chi connectivity index (χ3n) is 3.71. The van der Waals surface area contributed by atoms with Crippen LogP contribution in [0.3, 0.4) is 0 Å². The molecule has 0 saturated carbocycles. The van der Waals surface area contributed by atoms with Crippen LogP contribution in [0, 0.1) is 6.92 Å². The van der Waals surface area contributed by atoms with Crippen LogP contribution in [-0.2, 0) is 13.2 Å². The Labute approximate surface area is 147 Å². The Bertz CT molecular complexity index is 786. The van der Waals surface area contributed by atoms with E-state index in [9.17, 15) is 0 Å². The minimum Gasteiger partial charge on any atom is -0.490 e. The Morgan fingerprint density at radius 1 is 0.920 bits per heavy atom. The number of hydrogen-bond donors (Lipinski definition) is 1. The summed E-state index contributed by atoms with van der Waals surface area (Å²) in [6.07, 6.45) is 3.23. The Hall–Kier alpha value is -3.02. The van der Waals surface area contributed by atoms with Gasteiger partial charge in [-0.25, -0.2) is 4.68 Å². The van der Waals surface area contributed by atoms with Gasteiger partial charge in [-0.3, -0.25) is 0 Å². The van der Waals surface area contributed by atoms with Crippen molar-refractivity contribution in [3.05, 3.63) is 71.8 Å². The van der Waals surface area contributed by atoms with Gasteiger partial charge in [0.05, 0.1) is 13.2 Å². The first-order valence-corrected chi connectivity index (χ1v) is 8.27. The Morgan fingerprint density at radius 3 is 2.36 bits per heavy atom. The molecular weight excluding hydrogens is 316 g/mol.